The van der Waals surface area contributed by atoms with Crippen LogP contribution in [0, 0.1) is 5.92 Å². The van der Waals surface area contributed by atoms with Gasteiger partial charge in [0.15, 0.2) is 0 Å². The summed E-state index contributed by atoms with van der Waals surface area (Å²) in [5, 5.41) is 0. The van der Waals surface area contributed by atoms with Crippen molar-refractivity contribution in [2.24, 2.45) is 5.92 Å². The highest BCUT2D eigenvalue weighted by Gasteiger charge is 2.38. The second-order valence-electron chi connectivity index (χ2n) is 8.07. The molecule has 2 fully saturated rings. The third-order valence-corrected chi connectivity index (χ3v) is 6.08. The molecule has 2 saturated heterocycles. The van der Waals surface area contributed by atoms with Crippen molar-refractivity contribution in [3.05, 3.63) is 71.3 Å². The minimum absolute atomic E-state index is 0.105. The molecule has 0 aliphatic carbocycles. The standard InChI is InChI=1S/C23H25F3N2O/c24-23(25,26)20-10-6-9-18(13-20)22(29)28-15-19(14-27-11-4-5-12-27)21(16-28)17-7-2-1-3-8-17/h1-3,6-10,13,19,21H,4-5,11-12,14-16H2/t19-,21+/m1/s1. The summed E-state index contributed by atoms with van der Waals surface area (Å²) in [6.45, 7) is 4.20. The molecule has 2 aromatic carbocycles. The van der Waals surface area contributed by atoms with Gasteiger partial charge in [0, 0.05) is 31.1 Å². The van der Waals surface area contributed by atoms with Crippen LogP contribution < -0.4 is 0 Å². The van der Waals surface area contributed by atoms with E-state index in [1.807, 2.05) is 18.2 Å². The molecular weight excluding hydrogens is 377 g/mol. The molecule has 2 heterocycles. The predicted molar refractivity (Wildman–Crippen MR) is 106 cm³/mol. The molecule has 0 unspecified atom stereocenters. The first-order valence-electron chi connectivity index (χ1n) is 10.2. The predicted octanol–water partition coefficient (Wildman–Crippen LogP) is 4.66. The van der Waals surface area contributed by atoms with Gasteiger partial charge in [0.2, 0.25) is 0 Å². The van der Waals surface area contributed by atoms with Crippen LogP contribution in [0.25, 0.3) is 0 Å². The Morgan fingerprint density at radius 1 is 0.966 bits per heavy atom. The van der Waals surface area contributed by atoms with Crippen molar-refractivity contribution >= 4 is 5.91 Å². The van der Waals surface area contributed by atoms with Crippen LogP contribution in [0.2, 0.25) is 0 Å². The van der Waals surface area contributed by atoms with E-state index in [0.29, 0.717) is 13.1 Å². The van der Waals surface area contributed by atoms with Crippen molar-refractivity contribution in [3.8, 4) is 0 Å². The molecule has 0 radical (unpaired) electrons. The van der Waals surface area contributed by atoms with E-state index in [1.54, 1.807) is 4.90 Å². The first-order valence-corrected chi connectivity index (χ1v) is 10.2. The summed E-state index contributed by atoms with van der Waals surface area (Å²) in [7, 11) is 0. The SMILES string of the molecule is O=C(c1cccc(C(F)(F)F)c1)N1C[C@@H](CN2CCCC2)[C@H](c2ccccc2)C1. The van der Waals surface area contributed by atoms with E-state index in [0.717, 1.165) is 31.8 Å². The van der Waals surface area contributed by atoms with Crippen molar-refractivity contribution in [2.45, 2.75) is 24.9 Å². The topological polar surface area (TPSA) is 23.6 Å². The van der Waals surface area contributed by atoms with Gasteiger partial charge in [0.05, 0.1) is 5.56 Å². The molecule has 0 spiro atoms. The van der Waals surface area contributed by atoms with E-state index in [9.17, 15) is 18.0 Å². The maximum absolute atomic E-state index is 13.1. The highest BCUT2D eigenvalue weighted by Crippen LogP contribution is 2.35. The third kappa shape index (κ3) is 4.47. The summed E-state index contributed by atoms with van der Waals surface area (Å²) in [5.74, 6) is 0.165. The maximum Gasteiger partial charge on any atom is 0.416 e. The molecule has 6 heteroatoms. The molecule has 3 nitrogen and oxygen atoms in total. The van der Waals surface area contributed by atoms with Gasteiger partial charge in [-0.3, -0.25) is 4.79 Å². The second-order valence-corrected chi connectivity index (χ2v) is 8.07. The lowest BCUT2D eigenvalue weighted by atomic mass is 9.88. The van der Waals surface area contributed by atoms with Crippen LogP contribution in [-0.4, -0.2) is 48.4 Å². The van der Waals surface area contributed by atoms with Crippen LogP contribution in [0.15, 0.2) is 54.6 Å². The number of hydrogen-bond donors (Lipinski definition) is 0. The molecule has 2 aromatic rings. The Hall–Kier alpha value is -2.34. The molecule has 0 saturated carbocycles. The van der Waals surface area contributed by atoms with Crippen molar-refractivity contribution < 1.29 is 18.0 Å². The Morgan fingerprint density at radius 3 is 2.38 bits per heavy atom. The van der Waals surface area contributed by atoms with E-state index in [-0.39, 0.29) is 23.3 Å². The molecule has 1 amide bonds. The minimum Gasteiger partial charge on any atom is -0.338 e. The molecule has 0 N–H and O–H groups in total. The summed E-state index contributed by atoms with van der Waals surface area (Å²) in [6.07, 6.45) is -2.04. The lowest BCUT2D eigenvalue weighted by molar-refractivity contribution is -0.137. The van der Waals surface area contributed by atoms with Crippen LogP contribution in [0.4, 0.5) is 13.2 Å². The van der Waals surface area contributed by atoms with Gasteiger partial charge >= 0.3 is 6.18 Å². The Bertz CT molecular complexity index is 847. The van der Waals surface area contributed by atoms with E-state index in [2.05, 4.69) is 17.0 Å². The first kappa shape index (κ1) is 20.0. The van der Waals surface area contributed by atoms with E-state index in [4.69, 9.17) is 0 Å². The zero-order valence-corrected chi connectivity index (χ0v) is 16.2. The Morgan fingerprint density at radius 2 is 1.69 bits per heavy atom. The Kier molecular flexibility index (Phi) is 5.63. The normalized spacial score (nSPS) is 22.9. The number of carbonyl (C=O) groups is 1. The quantitative estimate of drug-likeness (QED) is 0.743. The zero-order chi connectivity index (χ0) is 20.4. The van der Waals surface area contributed by atoms with E-state index in [1.165, 1.54) is 30.5 Å². The number of alkyl halides is 3. The largest absolute Gasteiger partial charge is 0.416 e. The average Bonchev–Trinajstić information content (AvgIpc) is 3.38. The number of rotatable bonds is 4. The molecular formula is C23H25F3N2O. The summed E-state index contributed by atoms with van der Waals surface area (Å²) in [5.41, 5.74) is 0.514. The molecule has 29 heavy (non-hydrogen) atoms. The van der Waals surface area contributed by atoms with Crippen molar-refractivity contribution in [1.29, 1.82) is 0 Å². The number of benzene rings is 2. The van der Waals surface area contributed by atoms with Crippen molar-refractivity contribution in [3.63, 3.8) is 0 Å². The maximum atomic E-state index is 13.1. The monoisotopic (exact) mass is 402 g/mol. The lowest BCUT2D eigenvalue weighted by Crippen LogP contribution is -2.32. The first-order chi connectivity index (χ1) is 13.9. The van der Waals surface area contributed by atoms with Gasteiger partial charge in [0.1, 0.15) is 0 Å². The van der Waals surface area contributed by atoms with Gasteiger partial charge in [-0.1, -0.05) is 36.4 Å². The molecule has 2 atom stereocenters. The number of nitrogens with zero attached hydrogens (tertiary/aromatic N) is 2. The minimum atomic E-state index is -4.45. The van der Waals surface area contributed by atoms with Gasteiger partial charge in [-0.15, -0.1) is 0 Å². The lowest BCUT2D eigenvalue weighted by Gasteiger charge is -2.24. The number of amides is 1. The highest BCUT2D eigenvalue weighted by atomic mass is 19.4. The fourth-order valence-electron chi connectivity index (χ4n) is 4.61. The number of carbonyl (C=O) groups excluding carboxylic acids is 1. The van der Waals surface area contributed by atoms with Crippen molar-refractivity contribution in [1.82, 2.24) is 9.80 Å². The van der Waals surface area contributed by atoms with E-state index >= 15 is 0 Å². The van der Waals surface area contributed by atoms with Crippen LogP contribution >= 0.6 is 0 Å². The van der Waals surface area contributed by atoms with Crippen LogP contribution in [-0.2, 0) is 6.18 Å². The molecule has 0 aromatic heterocycles. The fraction of sp³-hybridized carbons (Fsp3) is 0.435. The smallest absolute Gasteiger partial charge is 0.338 e. The third-order valence-electron chi connectivity index (χ3n) is 6.08. The van der Waals surface area contributed by atoms with Crippen molar-refractivity contribution in [2.75, 3.05) is 32.7 Å². The van der Waals surface area contributed by atoms with Crippen LogP contribution in [0.3, 0.4) is 0 Å². The van der Waals surface area contributed by atoms with Gasteiger partial charge in [-0.25, -0.2) is 0 Å². The fourth-order valence-corrected chi connectivity index (χ4v) is 4.61. The summed E-state index contributed by atoms with van der Waals surface area (Å²) in [6, 6.07) is 14.9. The molecule has 2 aliphatic rings. The average molecular weight is 402 g/mol. The molecule has 4 rings (SSSR count). The van der Waals surface area contributed by atoms with E-state index < -0.39 is 11.7 Å². The summed E-state index contributed by atoms with van der Waals surface area (Å²) < 4.78 is 39.2. The number of likely N-dealkylation sites (tertiary alicyclic amines) is 2. The van der Waals surface area contributed by atoms with Gasteiger partial charge in [-0.2, -0.15) is 13.2 Å². The van der Waals surface area contributed by atoms with Gasteiger partial charge in [0.25, 0.3) is 5.91 Å². The number of halogens is 3. The van der Waals surface area contributed by atoms with Crippen LogP contribution in [0.1, 0.15) is 40.2 Å². The van der Waals surface area contributed by atoms with Gasteiger partial charge < -0.3 is 9.80 Å². The highest BCUT2D eigenvalue weighted by molar-refractivity contribution is 5.94. The zero-order valence-electron chi connectivity index (χ0n) is 16.2. The summed E-state index contributed by atoms with van der Waals surface area (Å²) >= 11 is 0. The second kappa shape index (κ2) is 8.19. The molecule has 154 valence electrons. The molecule has 0 bridgehead atoms. The molecule has 2 aliphatic heterocycles. The van der Waals surface area contributed by atoms with Gasteiger partial charge in [-0.05, 0) is 55.6 Å². The van der Waals surface area contributed by atoms with Crippen LogP contribution in [0.5, 0.6) is 0 Å². The number of hydrogen-bond acceptors (Lipinski definition) is 2. The summed E-state index contributed by atoms with van der Waals surface area (Å²) in [4.78, 5) is 17.2. The Labute approximate surface area is 169 Å². The Balaban J connectivity index is 1.55.